The van der Waals surface area contributed by atoms with Gasteiger partial charge in [-0.1, -0.05) is 25.0 Å². The van der Waals surface area contributed by atoms with Gasteiger partial charge in [-0.05, 0) is 37.1 Å². The van der Waals surface area contributed by atoms with Gasteiger partial charge < -0.3 is 10.6 Å². The first kappa shape index (κ1) is 15.9. The lowest BCUT2D eigenvalue weighted by Crippen LogP contribution is -2.43. The molecule has 0 aromatic heterocycles. The molecule has 7 heteroatoms. The average molecular weight is 311 g/mol. The molecule has 116 valence electrons. The van der Waals surface area contributed by atoms with Crippen LogP contribution in [0.25, 0.3) is 0 Å². The van der Waals surface area contributed by atoms with Crippen molar-refractivity contribution in [1.29, 1.82) is 0 Å². The molecule has 1 unspecified atom stereocenters. The minimum atomic E-state index is -3.71. The molecule has 1 aromatic rings. The number of amides is 1. The van der Waals surface area contributed by atoms with Gasteiger partial charge in [0.2, 0.25) is 15.9 Å². The van der Waals surface area contributed by atoms with Crippen LogP contribution in [0.1, 0.15) is 31.2 Å². The number of sulfonamides is 1. The lowest BCUT2D eigenvalue weighted by atomic mass is 10.1. The third kappa shape index (κ3) is 4.80. The summed E-state index contributed by atoms with van der Waals surface area (Å²) < 4.78 is 22.6. The van der Waals surface area contributed by atoms with Gasteiger partial charge in [0.15, 0.2) is 0 Å². The van der Waals surface area contributed by atoms with E-state index in [1.54, 1.807) is 12.1 Å². The van der Waals surface area contributed by atoms with Crippen LogP contribution in [0.2, 0.25) is 0 Å². The molecule has 1 aromatic carbocycles. The van der Waals surface area contributed by atoms with Gasteiger partial charge in [-0.3, -0.25) is 4.79 Å². The van der Waals surface area contributed by atoms with E-state index in [1.807, 2.05) is 0 Å². The Kier molecular flexibility index (Phi) is 5.33. The quantitative estimate of drug-likeness (QED) is 0.753. The fourth-order valence-electron chi connectivity index (χ4n) is 2.40. The molecule has 1 heterocycles. The highest BCUT2D eigenvalue weighted by Crippen LogP contribution is 2.11. The van der Waals surface area contributed by atoms with Gasteiger partial charge >= 0.3 is 0 Å². The summed E-state index contributed by atoms with van der Waals surface area (Å²) in [6, 6.07) is 6.14. The summed E-state index contributed by atoms with van der Waals surface area (Å²) in [5, 5.41) is 11.2. The Balaban J connectivity index is 1.94. The van der Waals surface area contributed by atoms with Crippen LogP contribution in [0.15, 0.2) is 29.2 Å². The molecule has 0 spiro atoms. The third-order valence-corrected chi connectivity index (χ3v) is 4.48. The number of carbonyl (C=O) groups is 1. The van der Waals surface area contributed by atoms with Gasteiger partial charge in [0.1, 0.15) is 0 Å². The van der Waals surface area contributed by atoms with E-state index in [2.05, 4.69) is 10.6 Å². The number of primary sulfonamides is 1. The van der Waals surface area contributed by atoms with Crippen molar-refractivity contribution in [3.8, 4) is 0 Å². The molecule has 0 saturated carbocycles. The number of carbonyl (C=O) groups excluding carboxylic acids is 1. The topological polar surface area (TPSA) is 101 Å². The summed E-state index contributed by atoms with van der Waals surface area (Å²) in [4.78, 5) is 12.1. The summed E-state index contributed by atoms with van der Waals surface area (Å²) in [5.41, 5.74) is 0.712. The third-order valence-electron chi connectivity index (χ3n) is 3.57. The number of hydrogen-bond acceptors (Lipinski definition) is 4. The molecule has 4 N–H and O–H groups in total. The molecule has 1 aliphatic rings. The van der Waals surface area contributed by atoms with E-state index in [9.17, 15) is 13.2 Å². The van der Waals surface area contributed by atoms with Crippen molar-refractivity contribution < 1.29 is 13.2 Å². The molecule has 1 aliphatic heterocycles. The second-order valence-corrected chi connectivity index (χ2v) is 6.83. The van der Waals surface area contributed by atoms with Gasteiger partial charge in [-0.2, -0.15) is 0 Å². The molecule has 1 fully saturated rings. The minimum absolute atomic E-state index is 0.0436. The largest absolute Gasteiger partial charge is 0.351 e. The maximum absolute atomic E-state index is 12.1. The van der Waals surface area contributed by atoms with Gasteiger partial charge in [0.25, 0.3) is 0 Å². The molecule has 0 bridgehead atoms. The van der Waals surface area contributed by atoms with E-state index in [-0.39, 0.29) is 16.8 Å². The first-order chi connectivity index (χ1) is 9.97. The van der Waals surface area contributed by atoms with Crippen molar-refractivity contribution in [2.24, 2.45) is 5.14 Å². The van der Waals surface area contributed by atoms with Crippen molar-refractivity contribution >= 4 is 15.9 Å². The first-order valence-corrected chi connectivity index (χ1v) is 8.64. The van der Waals surface area contributed by atoms with Crippen LogP contribution in [-0.4, -0.2) is 26.9 Å². The van der Waals surface area contributed by atoms with Gasteiger partial charge in [-0.15, -0.1) is 0 Å². The summed E-state index contributed by atoms with van der Waals surface area (Å²) in [7, 11) is -3.71. The van der Waals surface area contributed by atoms with Crippen LogP contribution in [0, 0.1) is 0 Å². The highest BCUT2D eigenvalue weighted by Gasteiger charge is 2.19. The standard InChI is InChI=1S/C14H21N3O3S/c15-21(19,20)12-6-4-5-11(9-12)10-17-14(18)13-7-2-1-3-8-16-13/h4-6,9,13,16H,1-3,7-8,10H2,(H,17,18)(H2,15,19,20). The Bertz CT molecular complexity index is 593. The molecule has 6 nitrogen and oxygen atoms in total. The van der Waals surface area contributed by atoms with E-state index in [0.29, 0.717) is 12.1 Å². The Labute approximate surface area is 125 Å². The first-order valence-electron chi connectivity index (χ1n) is 7.09. The number of benzene rings is 1. The lowest BCUT2D eigenvalue weighted by Gasteiger charge is -2.15. The van der Waals surface area contributed by atoms with Crippen molar-refractivity contribution in [2.75, 3.05) is 6.54 Å². The van der Waals surface area contributed by atoms with Crippen LogP contribution in [0.4, 0.5) is 0 Å². The van der Waals surface area contributed by atoms with Gasteiger partial charge in [0, 0.05) is 6.54 Å². The zero-order valence-corrected chi connectivity index (χ0v) is 12.7. The van der Waals surface area contributed by atoms with E-state index >= 15 is 0 Å². The second-order valence-electron chi connectivity index (χ2n) is 5.27. The molecule has 1 atom stereocenters. The molecule has 21 heavy (non-hydrogen) atoms. The molecular formula is C14H21N3O3S. The molecule has 1 saturated heterocycles. The predicted molar refractivity (Wildman–Crippen MR) is 79.9 cm³/mol. The number of nitrogens with one attached hydrogen (secondary N) is 2. The van der Waals surface area contributed by atoms with Crippen LogP contribution >= 0.6 is 0 Å². The Morgan fingerprint density at radius 3 is 2.90 bits per heavy atom. The van der Waals surface area contributed by atoms with Crippen molar-refractivity contribution in [3.05, 3.63) is 29.8 Å². The van der Waals surface area contributed by atoms with E-state index in [1.165, 1.54) is 12.1 Å². The highest BCUT2D eigenvalue weighted by molar-refractivity contribution is 7.89. The number of nitrogens with two attached hydrogens (primary N) is 1. The van der Waals surface area contributed by atoms with Crippen molar-refractivity contribution in [2.45, 2.75) is 43.2 Å². The van der Waals surface area contributed by atoms with E-state index in [4.69, 9.17) is 5.14 Å². The number of hydrogen-bond donors (Lipinski definition) is 3. The van der Waals surface area contributed by atoms with Crippen LogP contribution in [0.3, 0.4) is 0 Å². The number of rotatable bonds is 4. The van der Waals surface area contributed by atoms with Crippen LogP contribution in [-0.2, 0) is 21.4 Å². The Hall–Kier alpha value is -1.44. The minimum Gasteiger partial charge on any atom is -0.351 e. The normalized spacial score (nSPS) is 19.8. The van der Waals surface area contributed by atoms with Crippen LogP contribution in [0.5, 0.6) is 0 Å². The fourth-order valence-corrected chi connectivity index (χ4v) is 2.98. The monoisotopic (exact) mass is 311 g/mol. The van der Waals surface area contributed by atoms with Crippen LogP contribution < -0.4 is 15.8 Å². The SMILES string of the molecule is NS(=O)(=O)c1cccc(CNC(=O)C2CCCCCN2)c1. The Morgan fingerprint density at radius 2 is 2.14 bits per heavy atom. The maximum atomic E-state index is 12.1. The predicted octanol–water partition coefficient (Wildman–Crippen LogP) is 0.482. The Morgan fingerprint density at radius 1 is 1.33 bits per heavy atom. The smallest absolute Gasteiger partial charge is 0.238 e. The summed E-state index contributed by atoms with van der Waals surface area (Å²) >= 11 is 0. The fraction of sp³-hybridized carbons (Fsp3) is 0.500. The lowest BCUT2D eigenvalue weighted by molar-refractivity contribution is -0.123. The molecule has 0 aliphatic carbocycles. The molecule has 1 amide bonds. The van der Waals surface area contributed by atoms with E-state index < -0.39 is 10.0 Å². The molecular weight excluding hydrogens is 290 g/mol. The van der Waals surface area contributed by atoms with Crippen molar-refractivity contribution in [3.63, 3.8) is 0 Å². The second kappa shape index (κ2) is 7.02. The summed E-state index contributed by atoms with van der Waals surface area (Å²) in [6.07, 6.45) is 4.13. The summed E-state index contributed by atoms with van der Waals surface area (Å²) in [6.45, 7) is 1.15. The molecule has 0 radical (unpaired) electrons. The zero-order valence-electron chi connectivity index (χ0n) is 11.8. The van der Waals surface area contributed by atoms with Gasteiger partial charge in [0.05, 0.1) is 10.9 Å². The highest BCUT2D eigenvalue weighted by atomic mass is 32.2. The van der Waals surface area contributed by atoms with Crippen molar-refractivity contribution in [1.82, 2.24) is 10.6 Å². The average Bonchev–Trinajstić information content (AvgIpc) is 2.73. The summed E-state index contributed by atoms with van der Waals surface area (Å²) in [5.74, 6) is -0.0436. The molecule has 2 rings (SSSR count). The van der Waals surface area contributed by atoms with E-state index in [0.717, 1.165) is 32.2 Å². The maximum Gasteiger partial charge on any atom is 0.238 e. The van der Waals surface area contributed by atoms with Gasteiger partial charge in [-0.25, -0.2) is 13.6 Å². The zero-order chi connectivity index (χ0) is 15.3.